The predicted octanol–water partition coefficient (Wildman–Crippen LogP) is 1.95. The van der Waals surface area contributed by atoms with Crippen LogP contribution in [0.2, 0.25) is 0 Å². The van der Waals surface area contributed by atoms with E-state index in [9.17, 15) is 29.7 Å². The average molecular weight is 1230 g/mol. The van der Waals surface area contributed by atoms with Crippen LogP contribution in [0.1, 0.15) is 31.1 Å². The molecular formula is C35H15Au3N8O6. The molecule has 2 aliphatic rings. The Morgan fingerprint density at radius 3 is 1.21 bits per heavy atom. The van der Waals surface area contributed by atoms with Gasteiger partial charge in [-0.15, -0.1) is 0 Å². The number of aromatic amines is 2. The molecular weight excluding hydrogens is 1220 g/mol. The normalized spacial score (nSPS) is 11.1. The number of carbonyl (C=O) groups excluding carboxylic acids is 3. The van der Waals surface area contributed by atoms with Gasteiger partial charge in [-0.05, 0) is 6.07 Å². The van der Waals surface area contributed by atoms with Gasteiger partial charge >= 0.3 is 67.1 Å². The minimum atomic E-state index is -2.06. The number of carboxylic acids is 3. The molecule has 0 unspecified atom stereocenters. The third-order valence-corrected chi connectivity index (χ3v) is 8.47. The van der Waals surface area contributed by atoms with Crippen LogP contribution in [0.5, 0.6) is 0 Å². The number of rotatable bonds is 3. The van der Waals surface area contributed by atoms with Crippen molar-refractivity contribution in [1.82, 2.24) is 39.9 Å². The van der Waals surface area contributed by atoms with Crippen molar-refractivity contribution in [3.8, 4) is 45.6 Å². The van der Waals surface area contributed by atoms with Crippen molar-refractivity contribution in [2.75, 3.05) is 0 Å². The second-order valence-electron chi connectivity index (χ2n) is 11.2. The molecule has 0 spiro atoms. The fraction of sp³-hybridized carbons (Fsp3) is 0. The molecule has 0 atom stereocenters. The number of H-pyrrole nitrogens is 2. The Bertz CT molecular complexity index is 2860. The Kier molecular flexibility index (Phi) is 9.71. The summed E-state index contributed by atoms with van der Waals surface area (Å²) in [7, 11) is 0. The number of nitrogens with zero attached hydrogens (tertiary/aromatic N) is 6. The van der Waals surface area contributed by atoms with E-state index in [1.54, 1.807) is 36.4 Å². The molecule has 264 valence electrons. The molecule has 0 saturated heterocycles. The van der Waals surface area contributed by atoms with Crippen molar-refractivity contribution in [2.24, 2.45) is 0 Å². The SMILES string of the molecule is O=C([O-])c1cc2c3nc4nc(nc5[nH]c(nc6nc(nc([nH]3)c2c(C(=O)[O-])c1C(=O)[O-])-c1ccccc1-6)c1ccccc51)-c1ccccc1-4.[Au+].[Au+].[Au+]. The van der Waals surface area contributed by atoms with Crippen molar-refractivity contribution in [3.05, 3.63) is 95.6 Å². The van der Waals surface area contributed by atoms with Gasteiger partial charge < -0.3 is 39.7 Å². The maximum atomic E-state index is 12.6. The molecule has 2 aliphatic heterocycles. The Hall–Kier alpha value is -5.13. The molecule has 0 saturated carbocycles. The predicted molar refractivity (Wildman–Crippen MR) is 169 cm³/mol. The van der Waals surface area contributed by atoms with Crippen LogP contribution in [0.15, 0.2) is 78.9 Å². The van der Waals surface area contributed by atoms with Crippen LogP contribution in [-0.2, 0) is 67.1 Å². The van der Waals surface area contributed by atoms with Crippen LogP contribution in [0.3, 0.4) is 0 Å². The van der Waals surface area contributed by atoms with Crippen LogP contribution < -0.4 is 15.3 Å². The first-order chi connectivity index (χ1) is 23.8. The summed E-state index contributed by atoms with van der Waals surface area (Å²) < 4.78 is 0. The third kappa shape index (κ3) is 5.63. The number of aromatic carboxylic acids is 3. The second-order valence-corrected chi connectivity index (χ2v) is 11.2. The topological polar surface area (TPSA) is 229 Å². The summed E-state index contributed by atoms with van der Waals surface area (Å²) >= 11 is 0. The number of benzene rings is 4. The molecule has 2 N–H and O–H groups in total. The van der Waals surface area contributed by atoms with E-state index in [2.05, 4.69) is 15.0 Å². The molecule has 14 nitrogen and oxygen atoms in total. The standard InChI is InChI=1S/C35H18N8O6.3Au/c44-33(45)21-13-20-22(24(35(48)49)23(21)34(46)47)32-42-30-19-12-6-5-11-18(19)28(40-30)38-26-15-8-2-1-7-14(15)25(36-26)37-27-16-9-3-4-10-17(16)29(39-27)41-31(20)43-32;;;/h1-13H,(H,44,45)(H,46,47)(H,48,49)(H2,36,37,38,39,40,41,42,43);;;/q;3*+1/p-3. The molecule has 0 amide bonds. The minimum Gasteiger partial charge on any atom is -0.545 e. The minimum absolute atomic E-state index is 0. The molecule has 4 aromatic carbocycles. The summed E-state index contributed by atoms with van der Waals surface area (Å²) in [5, 5.41) is 38.2. The second kappa shape index (κ2) is 13.8. The van der Waals surface area contributed by atoms with E-state index in [0.717, 1.165) is 16.8 Å². The Morgan fingerprint density at radius 1 is 0.442 bits per heavy atom. The van der Waals surface area contributed by atoms with Gasteiger partial charge in [0.15, 0.2) is 23.3 Å². The van der Waals surface area contributed by atoms with Gasteiger partial charge in [0.2, 0.25) is 0 Å². The quantitative estimate of drug-likeness (QED) is 0.242. The van der Waals surface area contributed by atoms with Crippen LogP contribution in [0.4, 0.5) is 0 Å². The molecule has 52 heavy (non-hydrogen) atoms. The van der Waals surface area contributed by atoms with Crippen molar-refractivity contribution < 1.29 is 96.8 Å². The van der Waals surface area contributed by atoms with Crippen molar-refractivity contribution in [1.29, 1.82) is 0 Å². The van der Waals surface area contributed by atoms with E-state index >= 15 is 0 Å². The monoisotopic (exact) mass is 1230 g/mol. The number of hydrogen-bond donors (Lipinski definition) is 2. The van der Waals surface area contributed by atoms with Gasteiger partial charge in [-0.3, -0.25) is 0 Å². The van der Waals surface area contributed by atoms with Gasteiger partial charge in [-0.2, -0.15) is 0 Å². The summed E-state index contributed by atoms with van der Waals surface area (Å²) in [5.74, 6) is -5.12. The molecule has 5 heterocycles. The third-order valence-electron chi connectivity index (χ3n) is 8.47. The zero-order valence-corrected chi connectivity index (χ0v) is 32.0. The maximum Gasteiger partial charge on any atom is 1.00 e. The Labute approximate surface area is 337 Å². The van der Waals surface area contributed by atoms with E-state index in [0.29, 0.717) is 39.4 Å². The zero-order chi connectivity index (χ0) is 33.6. The van der Waals surface area contributed by atoms with E-state index in [4.69, 9.17) is 24.9 Å². The molecule has 0 radical (unpaired) electrons. The number of carboxylic acid groups (broad SMARTS) is 3. The Morgan fingerprint density at radius 2 is 0.808 bits per heavy atom. The van der Waals surface area contributed by atoms with Gasteiger partial charge in [0.1, 0.15) is 22.6 Å². The van der Waals surface area contributed by atoms with Gasteiger partial charge in [0.05, 0.1) is 17.9 Å². The fourth-order valence-electron chi connectivity index (χ4n) is 6.38. The number of nitrogens with one attached hydrogen (secondary N) is 2. The van der Waals surface area contributed by atoms with Crippen LogP contribution >= 0.6 is 0 Å². The number of carbonyl (C=O) groups is 3. The summed E-state index contributed by atoms with van der Waals surface area (Å²) in [6.07, 6.45) is 0. The molecule has 3 aromatic heterocycles. The van der Waals surface area contributed by atoms with Gasteiger partial charge in [-0.1, -0.05) is 72.8 Å². The van der Waals surface area contributed by atoms with Crippen LogP contribution in [0.25, 0.3) is 89.7 Å². The number of hydrogen-bond acceptors (Lipinski definition) is 12. The summed E-state index contributed by atoms with van der Waals surface area (Å²) in [5.41, 5.74) is 0.0181. The number of fused-ring (bicyclic) bond motifs is 20. The largest absolute Gasteiger partial charge is 1.00 e. The zero-order valence-electron chi connectivity index (χ0n) is 25.5. The van der Waals surface area contributed by atoms with Gasteiger partial charge in [0, 0.05) is 60.5 Å². The molecule has 17 heteroatoms. The molecule has 0 fully saturated rings. The average Bonchev–Trinajstić information content (AvgIpc) is 3.83. The van der Waals surface area contributed by atoms with Crippen molar-refractivity contribution in [3.63, 3.8) is 0 Å². The van der Waals surface area contributed by atoms with Gasteiger partial charge in [-0.25, -0.2) is 29.9 Å². The van der Waals surface area contributed by atoms with Crippen LogP contribution in [0, 0.1) is 0 Å². The molecule has 7 aromatic rings. The number of aromatic nitrogens is 8. The summed E-state index contributed by atoms with van der Waals surface area (Å²) in [6.45, 7) is 0. The van der Waals surface area contributed by atoms with Crippen LogP contribution in [-0.4, -0.2) is 57.8 Å². The van der Waals surface area contributed by atoms with E-state index < -0.39 is 34.6 Å². The Balaban J connectivity index is 0.00000155. The van der Waals surface area contributed by atoms with Crippen molar-refractivity contribution >= 4 is 62.0 Å². The first-order valence-corrected chi connectivity index (χ1v) is 14.7. The van der Waals surface area contributed by atoms with Crippen molar-refractivity contribution in [2.45, 2.75) is 0 Å². The first kappa shape index (κ1) is 36.7. The maximum absolute atomic E-state index is 12.6. The molecule has 0 aliphatic carbocycles. The molecule has 8 bridgehead atoms. The fourth-order valence-corrected chi connectivity index (χ4v) is 6.38. The van der Waals surface area contributed by atoms with E-state index in [-0.39, 0.29) is 107 Å². The summed E-state index contributed by atoms with van der Waals surface area (Å²) in [6, 6.07) is 22.8. The smallest absolute Gasteiger partial charge is 0.545 e. The summed E-state index contributed by atoms with van der Waals surface area (Å²) in [4.78, 5) is 71.8. The first-order valence-electron chi connectivity index (χ1n) is 14.7. The molecule has 9 rings (SSSR count). The van der Waals surface area contributed by atoms with E-state index in [1.165, 1.54) is 0 Å². The van der Waals surface area contributed by atoms with E-state index in [1.807, 2.05) is 36.4 Å². The van der Waals surface area contributed by atoms with Gasteiger partial charge in [0.25, 0.3) is 0 Å².